The molecule has 0 aliphatic carbocycles. The van der Waals surface area contributed by atoms with Crippen molar-refractivity contribution in [3.05, 3.63) is 107 Å². The monoisotopic (exact) mass is 347 g/mol. The fraction of sp³-hybridized carbons (Fsp3) is 0. The van der Waals surface area contributed by atoms with Crippen LogP contribution < -0.4 is 5.43 Å². The molecule has 0 saturated heterocycles. The second-order valence-electron chi connectivity index (χ2n) is 6.68. The van der Waals surface area contributed by atoms with Gasteiger partial charge in [0.15, 0.2) is 5.43 Å². The fourth-order valence-electron chi connectivity index (χ4n) is 3.68. The number of H-pyrrole nitrogens is 1. The van der Waals surface area contributed by atoms with Crippen LogP contribution in [-0.4, -0.2) is 4.98 Å². The second kappa shape index (κ2) is 6.26. The van der Waals surface area contributed by atoms with Gasteiger partial charge in [0, 0.05) is 16.3 Å². The molecule has 0 atom stereocenters. The molecule has 27 heavy (non-hydrogen) atoms. The Balaban J connectivity index is 1.91. The van der Waals surface area contributed by atoms with Crippen molar-refractivity contribution < 1.29 is 0 Å². The van der Waals surface area contributed by atoms with Gasteiger partial charge in [-0.05, 0) is 46.5 Å². The molecule has 5 aromatic rings. The highest BCUT2D eigenvalue weighted by Crippen LogP contribution is 2.34. The first-order valence-electron chi connectivity index (χ1n) is 9.01. The van der Waals surface area contributed by atoms with Gasteiger partial charge in [-0.25, -0.2) is 0 Å². The molecular weight excluding hydrogens is 330 g/mol. The van der Waals surface area contributed by atoms with Gasteiger partial charge in [0.1, 0.15) is 0 Å². The Morgan fingerprint density at radius 3 is 1.74 bits per heavy atom. The number of aromatic nitrogens is 1. The highest BCUT2D eigenvalue weighted by Gasteiger charge is 2.13. The Bertz CT molecular complexity index is 1320. The number of rotatable bonds is 2. The molecule has 0 aliphatic rings. The molecule has 0 aliphatic heterocycles. The lowest BCUT2D eigenvalue weighted by molar-refractivity contribution is 1.47. The Morgan fingerprint density at radius 2 is 1.07 bits per heavy atom. The van der Waals surface area contributed by atoms with Crippen molar-refractivity contribution in [1.29, 1.82) is 0 Å². The van der Waals surface area contributed by atoms with Crippen LogP contribution in [0.1, 0.15) is 0 Å². The summed E-state index contributed by atoms with van der Waals surface area (Å²) in [7, 11) is 0. The number of aromatic amines is 1. The van der Waals surface area contributed by atoms with Crippen LogP contribution in [0.5, 0.6) is 0 Å². The van der Waals surface area contributed by atoms with Crippen molar-refractivity contribution in [2.45, 2.75) is 0 Å². The molecule has 0 bridgehead atoms. The predicted molar refractivity (Wildman–Crippen MR) is 113 cm³/mol. The molecule has 1 aromatic heterocycles. The molecule has 0 radical (unpaired) electrons. The predicted octanol–water partition coefficient (Wildman–Crippen LogP) is 6.02. The third-order valence-electron chi connectivity index (χ3n) is 5.01. The molecule has 0 saturated carbocycles. The van der Waals surface area contributed by atoms with Crippen molar-refractivity contribution in [2.24, 2.45) is 0 Å². The molecule has 2 heteroatoms. The van der Waals surface area contributed by atoms with E-state index < -0.39 is 0 Å². The average Bonchev–Trinajstić information content (AvgIpc) is 2.74. The van der Waals surface area contributed by atoms with Gasteiger partial charge in [-0.3, -0.25) is 4.79 Å². The van der Waals surface area contributed by atoms with Crippen LogP contribution in [0.4, 0.5) is 0 Å². The minimum Gasteiger partial charge on any atom is -0.354 e. The summed E-state index contributed by atoms with van der Waals surface area (Å²) in [5.74, 6) is 0. The quantitative estimate of drug-likeness (QED) is 0.389. The summed E-state index contributed by atoms with van der Waals surface area (Å²) < 4.78 is 0. The number of hydrogen-bond acceptors (Lipinski definition) is 1. The summed E-state index contributed by atoms with van der Waals surface area (Å²) in [6.45, 7) is 0. The highest BCUT2D eigenvalue weighted by molar-refractivity contribution is 5.99. The lowest BCUT2D eigenvalue weighted by Gasteiger charge is -2.13. The van der Waals surface area contributed by atoms with E-state index in [-0.39, 0.29) is 5.43 Å². The van der Waals surface area contributed by atoms with Gasteiger partial charge in [-0.1, -0.05) is 72.8 Å². The van der Waals surface area contributed by atoms with E-state index >= 15 is 0 Å². The Hall–Kier alpha value is -3.65. The zero-order chi connectivity index (χ0) is 18.2. The van der Waals surface area contributed by atoms with Crippen molar-refractivity contribution in [2.75, 3.05) is 0 Å². The van der Waals surface area contributed by atoms with Crippen molar-refractivity contribution in [1.82, 2.24) is 4.98 Å². The largest absolute Gasteiger partial charge is 0.354 e. The standard InChI is InChI=1S/C25H17NO/c27-25-19-13-7-8-14-23(19)26-24-16-21(18-11-5-2-6-12-18)20(15-22(24)25)17-9-3-1-4-10-17/h1-16H,(H,26,27). The molecule has 2 nitrogen and oxygen atoms in total. The van der Waals surface area contributed by atoms with E-state index in [1.54, 1.807) is 0 Å². The normalized spacial score (nSPS) is 11.1. The first-order valence-corrected chi connectivity index (χ1v) is 9.01. The first-order chi connectivity index (χ1) is 13.3. The first kappa shape index (κ1) is 15.6. The third-order valence-corrected chi connectivity index (χ3v) is 5.01. The summed E-state index contributed by atoms with van der Waals surface area (Å²) in [5.41, 5.74) is 6.20. The van der Waals surface area contributed by atoms with E-state index in [4.69, 9.17) is 0 Å². The van der Waals surface area contributed by atoms with Gasteiger partial charge in [0.2, 0.25) is 0 Å². The molecule has 0 amide bonds. The van der Waals surface area contributed by atoms with Crippen molar-refractivity contribution >= 4 is 21.8 Å². The molecule has 5 rings (SSSR count). The van der Waals surface area contributed by atoms with Crippen LogP contribution in [0.25, 0.3) is 44.1 Å². The third kappa shape index (κ3) is 2.63. The van der Waals surface area contributed by atoms with E-state index in [9.17, 15) is 4.79 Å². The molecule has 0 spiro atoms. The Labute approximate surface area is 156 Å². The SMILES string of the molecule is O=c1c2ccccc2[nH]c2cc(-c3ccccc3)c(-c3ccccc3)cc12. The molecule has 128 valence electrons. The van der Waals surface area contributed by atoms with Crippen molar-refractivity contribution in [3.63, 3.8) is 0 Å². The van der Waals surface area contributed by atoms with Gasteiger partial charge < -0.3 is 4.98 Å². The number of para-hydroxylation sites is 1. The zero-order valence-electron chi connectivity index (χ0n) is 14.6. The van der Waals surface area contributed by atoms with Crippen LogP contribution in [0.2, 0.25) is 0 Å². The van der Waals surface area contributed by atoms with Gasteiger partial charge in [0.05, 0.1) is 5.52 Å². The highest BCUT2D eigenvalue weighted by atomic mass is 16.1. The van der Waals surface area contributed by atoms with Gasteiger partial charge in [0.25, 0.3) is 0 Å². The summed E-state index contributed by atoms with van der Waals surface area (Å²) in [6, 6.07) is 32.3. The van der Waals surface area contributed by atoms with Crippen LogP contribution in [0, 0.1) is 0 Å². The second-order valence-corrected chi connectivity index (χ2v) is 6.68. The summed E-state index contributed by atoms with van der Waals surface area (Å²) >= 11 is 0. The number of pyridine rings is 1. The number of benzene rings is 4. The maximum Gasteiger partial charge on any atom is 0.197 e. The van der Waals surface area contributed by atoms with E-state index in [1.807, 2.05) is 66.7 Å². The molecule has 0 unspecified atom stereocenters. The number of fused-ring (bicyclic) bond motifs is 2. The Kier molecular flexibility index (Phi) is 3.61. The zero-order valence-corrected chi connectivity index (χ0v) is 14.6. The van der Waals surface area contributed by atoms with Gasteiger partial charge in [-0.15, -0.1) is 0 Å². The lowest BCUT2D eigenvalue weighted by Crippen LogP contribution is -2.04. The van der Waals surface area contributed by atoms with Gasteiger partial charge >= 0.3 is 0 Å². The average molecular weight is 347 g/mol. The van der Waals surface area contributed by atoms with Gasteiger partial charge in [-0.2, -0.15) is 0 Å². The molecule has 1 heterocycles. The summed E-state index contributed by atoms with van der Waals surface area (Å²) in [6.07, 6.45) is 0. The van der Waals surface area contributed by atoms with Crippen LogP contribution >= 0.6 is 0 Å². The maximum atomic E-state index is 13.1. The van der Waals surface area contributed by atoms with Crippen LogP contribution in [0.15, 0.2) is 102 Å². The molecule has 4 aromatic carbocycles. The van der Waals surface area contributed by atoms with E-state index in [1.165, 1.54) is 0 Å². The number of hydrogen-bond donors (Lipinski definition) is 1. The topological polar surface area (TPSA) is 32.9 Å². The molecular formula is C25H17NO. The molecule has 0 fully saturated rings. The Morgan fingerprint density at radius 1 is 0.519 bits per heavy atom. The van der Waals surface area contributed by atoms with E-state index in [0.717, 1.165) is 38.7 Å². The minimum absolute atomic E-state index is 0.0659. The van der Waals surface area contributed by atoms with Crippen LogP contribution in [-0.2, 0) is 0 Å². The molecule has 1 N–H and O–H groups in total. The van der Waals surface area contributed by atoms with E-state index in [0.29, 0.717) is 5.39 Å². The van der Waals surface area contributed by atoms with Crippen LogP contribution in [0.3, 0.4) is 0 Å². The maximum absolute atomic E-state index is 13.1. The summed E-state index contributed by atoms with van der Waals surface area (Å²) in [4.78, 5) is 16.5. The number of nitrogens with one attached hydrogen (secondary N) is 1. The minimum atomic E-state index is 0.0659. The summed E-state index contributed by atoms with van der Waals surface area (Å²) in [5, 5.41) is 1.43. The lowest BCUT2D eigenvalue weighted by atomic mass is 9.92. The smallest absolute Gasteiger partial charge is 0.197 e. The van der Waals surface area contributed by atoms with E-state index in [2.05, 4.69) is 35.3 Å². The fourth-order valence-corrected chi connectivity index (χ4v) is 3.68. The van der Waals surface area contributed by atoms with Crippen molar-refractivity contribution in [3.8, 4) is 22.3 Å².